The van der Waals surface area contributed by atoms with E-state index in [1.165, 1.54) is 0 Å². The standard InChI is InChI=1S/C11H21NO3Si/c1-5-11(12-9-7-6-8-10-12)16(13-2,14-3)15-4/h6-9,11H,5,10H2,1-4H3. The van der Waals surface area contributed by atoms with Crippen LogP contribution in [0.1, 0.15) is 13.3 Å². The quantitative estimate of drug-likeness (QED) is 0.663. The Bertz CT molecular complexity index is 256. The molecule has 0 aromatic heterocycles. The molecule has 0 aliphatic carbocycles. The summed E-state index contributed by atoms with van der Waals surface area (Å²) >= 11 is 0. The van der Waals surface area contributed by atoms with Gasteiger partial charge < -0.3 is 18.2 Å². The molecule has 0 amide bonds. The van der Waals surface area contributed by atoms with E-state index in [9.17, 15) is 0 Å². The van der Waals surface area contributed by atoms with Crippen LogP contribution in [0.2, 0.25) is 0 Å². The van der Waals surface area contributed by atoms with Crippen molar-refractivity contribution in [2.24, 2.45) is 0 Å². The third kappa shape index (κ3) is 2.54. The predicted molar refractivity (Wildman–Crippen MR) is 65.8 cm³/mol. The second-order valence-electron chi connectivity index (χ2n) is 3.61. The number of rotatable bonds is 6. The van der Waals surface area contributed by atoms with E-state index in [2.05, 4.69) is 24.1 Å². The van der Waals surface area contributed by atoms with Gasteiger partial charge in [0.25, 0.3) is 0 Å². The lowest BCUT2D eigenvalue weighted by Crippen LogP contribution is -2.60. The maximum absolute atomic E-state index is 5.54. The van der Waals surface area contributed by atoms with Crippen molar-refractivity contribution in [1.29, 1.82) is 0 Å². The Labute approximate surface area is 98.9 Å². The van der Waals surface area contributed by atoms with E-state index in [-0.39, 0.29) is 5.67 Å². The molecule has 1 atom stereocenters. The SMILES string of the molecule is CCC(N1C=CC=CC1)[Si](OC)(OC)OC. The molecule has 0 aromatic rings. The summed E-state index contributed by atoms with van der Waals surface area (Å²) in [5, 5.41) is 0. The van der Waals surface area contributed by atoms with Gasteiger partial charge in [0.1, 0.15) is 0 Å². The zero-order valence-corrected chi connectivity index (χ0v) is 11.5. The summed E-state index contributed by atoms with van der Waals surface area (Å²) in [6.45, 7) is 3.00. The molecule has 92 valence electrons. The van der Waals surface area contributed by atoms with Gasteiger partial charge in [-0.1, -0.05) is 19.1 Å². The van der Waals surface area contributed by atoms with E-state index >= 15 is 0 Å². The average molecular weight is 243 g/mol. The Balaban J connectivity index is 2.85. The van der Waals surface area contributed by atoms with Crippen LogP contribution < -0.4 is 0 Å². The van der Waals surface area contributed by atoms with Crippen LogP contribution in [0.3, 0.4) is 0 Å². The summed E-state index contributed by atoms with van der Waals surface area (Å²) in [7, 11) is 2.38. The van der Waals surface area contributed by atoms with Crippen LogP contribution in [0.4, 0.5) is 0 Å². The summed E-state index contributed by atoms with van der Waals surface area (Å²) in [4.78, 5) is 2.21. The molecule has 1 unspecified atom stereocenters. The van der Waals surface area contributed by atoms with Crippen molar-refractivity contribution in [3.05, 3.63) is 24.4 Å². The molecule has 0 bridgehead atoms. The highest BCUT2D eigenvalue weighted by Gasteiger charge is 2.48. The highest BCUT2D eigenvalue weighted by atomic mass is 28.4. The zero-order chi connectivity index (χ0) is 12.0. The van der Waals surface area contributed by atoms with Gasteiger partial charge in [0.05, 0.1) is 5.67 Å². The Kier molecular flexibility index (Phi) is 5.21. The Hall–Kier alpha value is -0.623. The van der Waals surface area contributed by atoms with Gasteiger partial charge in [-0.05, 0) is 18.7 Å². The molecule has 1 aliphatic heterocycles. The highest BCUT2D eigenvalue weighted by molar-refractivity contribution is 6.62. The van der Waals surface area contributed by atoms with Gasteiger partial charge in [-0.2, -0.15) is 0 Å². The molecule has 0 aromatic carbocycles. The summed E-state index contributed by atoms with van der Waals surface area (Å²) < 4.78 is 16.6. The molecule has 0 spiro atoms. The van der Waals surface area contributed by atoms with Gasteiger partial charge in [-0.3, -0.25) is 0 Å². The normalized spacial score (nSPS) is 17.9. The van der Waals surface area contributed by atoms with Crippen LogP contribution in [-0.2, 0) is 13.3 Å². The van der Waals surface area contributed by atoms with Crippen molar-refractivity contribution in [2.75, 3.05) is 27.9 Å². The van der Waals surface area contributed by atoms with E-state index < -0.39 is 8.80 Å². The monoisotopic (exact) mass is 243 g/mol. The molecule has 1 aliphatic rings. The van der Waals surface area contributed by atoms with Crippen molar-refractivity contribution in [1.82, 2.24) is 4.90 Å². The molecule has 0 saturated carbocycles. The summed E-state index contributed by atoms with van der Waals surface area (Å²) in [5.74, 6) is 0. The fourth-order valence-electron chi connectivity index (χ4n) is 2.06. The first-order chi connectivity index (χ1) is 7.74. The topological polar surface area (TPSA) is 30.9 Å². The smallest absolute Gasteiger partial charge is 0.376 e. The van der Waals surface area contributed by atoms with E-state index in [1.54, 1.807) is 21.3 Å². The molecule has 0 radical (unpaired) electrons. The largest absolute Gasteiger partial charge is 0.523 e. The van der Waals surface area contributed by atoms with Gasteiger partial charge >= 0.3 is 8.80 Å². The lowest BCUT2D eigenvalue weighted by Gasteiger charge is -2.39. The molecule has 1 rings (SSSR count). The summed E-state index contributed by atoms with van der Waals surface area (Å²) in [5.41, 5.74) is 0.161. The molecular weight excluding hydrogens is 222 g/mol. The maximum Gasteiger partial charge on any atom is 0.523 e. The van der Waals surface area contributed by atoms with Crippen molar-refractivity contribution < 1.29 is 13.3 Å². The summed E-state index contributed by atoms with van der Waals surface area (Å²) in [6, 6.07) is 0. The van der Waals surface area contributed by atoms with Crippen LogP contribution in [0, 0.1) is 0 Å². The molecule has 1 heterocycles. The molecule has 0 saturated heterocycles. The van der Waals surface area contributed by atoms with Crippen LogP contribution in [0.15, 0.2) is 24.4 Å². The first kappa shape index (κ1) is 13.4. The van der Waals surface area contributed by atoms with Crippen LogP contribution in [-0.4, -0.2) is 47.2 Å². The van der Waals surface area contributed by atoms with Crippen molar-refractivity contribution in [2.45, 2.75) is 19.0 Å². The first-order valence-corrected chi connectivity index (χ1v) is 7.28. The summed E-state index contributed by atoms with van der Waals surface area (Å²) in [6.07, 6.45) is 9.17. The molecule has 0 fully saturated rings. The first-order valence-electron chi connectivity index (χ1n) is 5.48. The Morgan fingerprint density at radius 2 is 1.81 bits per heavy atom. The third-order valence-corrected chi connectivity index (χ3v) is 6.15. The van der Waals surface area contributed by atoms with Gasteiger partial charge in [0.15, 0.2) is 0 Å². The second kappa shape index (κ2) is 6.20. The van der Waals surface area contributed by atoms with Gasteiger partial charge in [0, 0.05) is 27.9 Å². The van der Waals surface area contributed by atoms with E-state index in [1.807, 2.05) is 12.2 Å². The number of nitrogens with zero attached hydrogens (tertiary/aromatic N) is 1. The minimum absolute atomic E-state index is 0.161. The number of hydrogen-bond acceptors (Lipinski definition) is 4. The lowest BCUT2D eigenvalue weighted by atomic mass is 10.3. The van der Waals surface area contributed by atoms with Crippen LogP contribution >= 0.6 is 0 Å². The third-order valence-electron chi connectivity index (χ3n) is 2.89. The molecule has 0 N–H and O–H groups in total. The van der Waals surface area contributed by atoms with Crippen molar-refractivity contribution in [3.8, 4) is 0 Å². The van der Waals surface area contributed by atoms with Crippen LogP contribution in [0.25, 0.3) is 0 Å². The lowest BCUT2D eigenvalue weighted by molar-refractivity contribution is 0.0874. The predicted octanol–water partition coefficient (Wildman–Crippen LogP) is 1.57. The van der Waals surface area contributed by atoms with E-state index in [4.69, 9.17) is 13.3 Å². The van der Waals surface area contributed by atoms with Gasteiger partial charge in [0.2, 0.25) is 0 Å². The zero-order valence-electron chi connectivity index (χ0n) is 10.5. The van der Waals surface area contributed by atoms with Gasteiger partial charge in [-0.15, -0.1) is 0 Å². The number of hydrogen-bond donors (Lipinski definition) is 0. The maximum atomic E-state index is 5.54. The number of allylic oxidation sites excluding steroid dienone is 2. The minimum atomic E-state index is -2.59. The highest BCUT2D eigenvalue weighted by Crippen LogP contribution is 2.21. The fraction of sp³-hybridized carbons (Fsp3) is 0.636. The second-order valence-corrected chi connectivity index (χ2v) is 6.70. The fourth-order valence-corrected chi connectivity index (χ4v) is 4.47. The van der Waals surface area contributed by atoms with Crippen molar-refractivity contribution >= 4 is 8.80 Å². The van der Waals surface area contributed by atoms with Crippen molar-refractivity contribution in [3.63, 3.8) is 0 Å². The molecule has 5 heteroatoms. The van der Waals surface area contributed by atoms with E-state index in [0.29, 0.717) is 0 Å². The molecule has 16 heavy (non-hydrogen) atoms. The molecular formula is C11H21NO3Si. The van der Waals surface area contributed by atoms with Gasteiger partial charge in [-0.25, -0.2) is 0 Å². The average Bonchev–Trinajstić information content (AvgIpc) is 2.37. The van der Waals surface area contributed by atoms with Crippen LogP contribution in [0.5, 0.6) is 0 Å². The molecule has 4 nitrogen and oxygen atoms in total. The van der Waals surface area contributed by atoms with E-state index in [0.717, 1.165) is 13.0 Å². The minimum Gasteiger partial charge on any atom is -0.376 e. The Morgan fingerprint density at radius 3 is 2.19 bits per heavy atom. The Morgan fingerprint density at radius 1 is 1.19 bits per heavy atom.